The maximum atomic E-state index is 11.7. The van der Waals surface area contributed by atoms with Crippen LogP contribution in [0.5, 0.6) is 0 Å². The predicted octanol–water partition coefficient (Wildman–Crippen LogP) is 3.58. The second kappa shape index (κ2) is 8.11. The number of carbonyl (C=O) groups is 1. The van der Waals surface area contributed by atoms with Crippen LogP contribution in [0.15, 0.2) is 22.9 Å². The van der Waals surface area contributed by atoms with Crippen LogP contribution in [0.1, 0.15) is 39.2 Å². The highest BCUT2D eigenvalue weighted by Gasteiger charge is 2.21. The first-order chi connectivity index (χ1) is 10.8. The number of hydrogen-bond acceptors (Lipinski definition) is 4. The van der Waals surface area contributed by atoms with Crippen LogP contribution in [-0.4, -0.2) is 41.2 Å². The fraction of sp³-hybridized carbons (Fsp3) is 0.647. The molecule has 1 fully saturated rings. The van der Waals surface area contributed by atoms with E-state index in [2.05, 4.69) is 43.3 Å². The second-order valence-electron chi connectivity index (χ2n) is 7.09. The third kappa shape index (κ3) is 6.87. The van der Waals surface area contributed by atoms with Gasteiger partial charge in [0.05, 0.1) is 0 Å². The molecule has 0 atom stereocenters. The molecule has 1 amide bonds. The van der Waals surface area contributed by atoms with Crippen LogP contribution in [0.2, 0.25) is 0 Å². The number of rotatable bonds is 4. The Hall–Kier alpha value is -1.14. The number of carbonyl (C=O) groups excluding carboxylic acids is 1. The lowest BCUT2D eigenvalue weighted by Crippen LogP contribution is -2.40. The monoisotopic (exact) mass is 383 g/mol. The molecule has 1 N–H and O–H groups in total. The van der Waals surface area contributed by atoms with E-state index in [0.717, 1.165) is 37.1 Å². The number of pyridine rings is 1. The molecular weight excluding hydrogens is 358 g/mol. The molecule has 0 unspecified atom stereocenters. The minimum atomic E-state index is -0.438. The van der Waals surface area contributed by atoms with Gasteiger partial charge >= 0.3 is 6.09 Å². The summed E-state index contributed by atoms with van der Waals surface area (Å²) in [5.74, 6) is 0.531. The molecular formula is C17H26BrN3O2. The van der Waals surface area contributed by atoms with Crippen molar-refractivity contribution in [2.24, 2.45) is 5.92 Å². The Morgan fingerprint density at radius 2 is 2.13 bits per heavy atom. The van der Waals surface area contributed by atoms with E-state index >= 15 is 0 Å². The zero-order valence-corrected chi connectivity index (χ0v) is 15.7. The Kier molecular flexibility index (Phi) is 6.41. The van der Waals surface area contributed by atoms with Crippen LogP contribution in [0.4, 0.5) is 4.79 Å². The van der Waals surface area contributed by atoms with E-state index in [1.807, 2.05) is 27.0 Å². The highest BCUT2D eigenvalue weighted by molar-refractivity contribution is 9.10. The van der Waals surface area contributed by atoms with Crippen molar-refractivity contribution in [3.8, 4) is 0 Å². The summed E-state index contributed by atoms with van der Waals surface area (Å²) in [6, 6.07) is 4.12. The number of aromatic nitrogens is 1. The smallest absolute Gasteiger partial charge is 0.407 e. The van der Waals surface area contributed by atoms with Crippen LogP contribution in [0.3, 0.4) is 0 Å². The van der Waals surface area contributed by atoms with Gasteiger partial charge in [-0.05, 0) is 86.2 Å². The number of piperidine rings is 1. The Labute approximate surface area is 146 Å². The summed E-state index contributed by atoms with van der Waals surface area (Å²) in [5, 5.41) is 2.89. The molecule has 0 aliphatic carbocycles. The molecule has 5 nitrogen and oxygen atoms in total. The van der Waals surface area contributed by atoms with Gasteiger partial charge in [0.1, 0.15) is 10.2 Å². The van der Waals surface area contributed by atoms with E-state index in [0.29, 0.717) is 12.5 Å². The van der Waals surface area contributed by atoms with Crippen molar-refractivity contribution < 1.29 is 9.53 Å². The molecule has 1 aromatic rings. The van der Waals surface area contributed by atoms with Gasteiger partial charge in [-0.1, -0.05) is 0 Å². The van der Waals surface area contributed by atoms with Gasteiger partial charge in [0, 0.05) is 19.3 Å². The Morgan fingerprint density at radius 1 is 1.43 bits per heavy atom. The van der Waals surface area contributed by atoms with E-state index in [1.54, 1.807) is 0 Å². The minimum absolute atomic E-state index is 0.318. The van der Waals surface area contributed by atoms with Crippen molar-refractivity contribution in [2.45, 2.75) is 45.8 Å². The molecule has 0 spiro atoms. The van der Waals surface area contributed by atoms with Crippen molar-refractivity contribution in [3.05, 3.63) is 28.5 Å². The van der Waals surface area contributed by atoms with Gasteiger partial charge in [0.2, 0.25) is 0 Å². The molecule has 128 valence electrons. The molecule has 0 bridgehead atoms. The summed E-state index contributed by atoms with van der Waals surface area (Å²) in [5.41, 5.74) is 0.837. The summed E-state index contributed by atoms with van der Waals surface area (Å²) in [6.45, 7) is 9.39. The van der Waals surface area contributed by atoms with Crippen LogP contribution >= 0.6 is 15.9 Å². The molecule has 6 heteroatoms. The molecule has 1 aliphatic heterocycles. The number of ether oxygens (including phenoxy) is 1. The minimum Gasteiger partial charge on any atom is -0.444 e. The molecule has 1 aromatic heterocycles. The number of alkyl carbamates (subject to hydrolysis) is 1. The lowest BCUT2D eigenvalue weighted by Gasteiger charge is -2.32. The zero-order chi connectivity index (χ0) is 16.9. The van der Waals surface area contributed by atoms with Gasteiger partial charge in [-0.2, -0.15) is 0 Å². The summed E-state index contributed by atoms with van der Waals surface area (Å²) >= 11 is 3.41. The SMILES string of the molecule is CC(C)(C)OC(=O)NCC1CCN(Cc2ccnc(Br)c2)CC1. The lowest BCUT2D eigenvalue weighted by atomic mass is 9.96. The summed E-state index contributed by atoms with van der Waals surface area (Å²) in [6.07, 6.45) is 3.71. The first-order valence-electron chi connectivity index (χ1n) is 8.11. The van der Waals surface area contributed by atoms with E-state index in [1.165, 1.54) is 5.56 Å². The van der Waals surface area contributed by atoms with Gasteiger partial charge < -0.3 is 10.1 Å². The average Bonchev–Trinajstić information content (AvgIpc) is 2.45. The highest BCUT2D eigenvalue weighted by atomic mass is 79.9. The molecule has 1 saturated heterocycles. The second-order valence-corrected chi connectivity index (χ2v) is 7.90. The van der Waals surface area contributed by atoms with E-state index in [-0.39, 0.29) is 6.09 Å². The number of hydrogen-bond donors (Lipinski definition) is 1. The topological polar surface area (TPSA) is 54.5 Å². The van der Waals surface area contributed by atoms with E-state index < -0.39 is 5.60 Å². The summed E-state index contributed by atoms with van der Waals surface area (Å²) in [7, 11) is 0. The van der Waals surface area contributed by atoms with Crippen LogP contribution in [0, 0.1) is 5.92 Å². The van der Waals surface area contributed by atoms with Crippen molar-refractivity contribution in [2.75, 3.05) is 19.6 Å². The third-order valence-corrected chi connectivity index (χ3v) is 4.27. The van der Waals surface area contributed by atoms with Crippen molar-refractivity contribution >= 4 is 22.0 Å². The van der Waals surface area contributed by atoms with Crippen LogP contribution < -0.4 is 5.32 Å². The summed E-state index contributed by atoms with van der Waals surface area (Å²) in [4.78, 5) is 18.3. The highest BCUT2D eigenvalue weighted by Crippen LogP contribution is 2.19. The lowest BCUT2D eigenvalue weighted by molar-refractivity contribution is 0.0509. The van der Waals surface area contributed by atoms with Gasteiger partial charge in [-0.25, -0.2) is 9.78 Å². The average molecular weight is 384 g/mol. The number of likely N-dealkylation sites (tertiary alicyclic amines) is 1. The maximum Gasteiger partial charge on any atom is 0.407 e. The van der Waals surface area contributed by atoms with E-state index in [4.69, 9.17) is 4.74 Å². The van der Waals surface area contributed by atoms with Crippen molar-refractivity contribution in [1.82, 2.24) is 15.2 Å². The van der Waals surface area contributed by atoms with Gasteiger partial charge in [0.25, 0.3) is 0 Å². The normalized spacial score (nSPS) is 17.0. The number of nitrogens with zero attached hydrogens (tertiary/aromatic N) is 2. The maximum absolute atomic E-state index is 11.7. The summed E-state index contributed by atoms with van der Waals surface area (Å²) < 4.78 is 6.15. The number of nitrogens with one attached hydrogen (secondary N) is 1. The molecule has 1 aliphatic rings. The Balaban J connectivity index is 1.69. The fourth-order valence-electron chi connectivity index (χ4n) is 2.69. The molecule has 0 saturated carbocycles. The first kappa shape index (κ1) is 18.2. The predicted molar refractivity (Wildman–Crippen MR) is 94.2 cm³/mol. The van der Waals surface area contributed by atoms with Crippen molar-refractivity contribution in [1.29, 1.82) is 0 Å². The largest absolute Gasteiger partial charge is 0.444 e. The molecule has 2 rings (SSSR count). The third-order valence-electron chi connectivity index (χ3n) is 3.84. The van der Waals surface area contributed by atoms with Gasteiger partial charge in [-0.15, -0.1) is 0 Å². The molecule has 23 heavy (non-hydrogen) atoms. The fourth-order valence-corrected chi connectivity index (χ4v) is 3.10. The van der Waals surface area contributed by atoms with Crippen molar-refractivity contribution in [3.63, 3.8) is 0 Å². The quantitative estimate of drug-likeness (QED) is 0.807. The number of halogens is 1. The Bertz CT molecular complexity index is 523. The molecule has 0 radical (unpaired) electrons. The molecule has 2 heterocycles. The van der Waals surface area contributed by atoms with Gasteiger partial charge in [-0.3, -0.25) is 4.90 Å². The number of amides is 1. The van der Waals surface area contributed by atoms with Gasteiger partial charge in [0.15, 0.2) is 0 Å². The zero-order valence-electron chi connectivity index (χ0n) is 14.1. The van der Waals surface area contributed by atoms with E-state index in [9.17, 15) is 4.79 Å². The molecule has 0 aromatic carbocycles. The van der Waals surface area contributed by atoms with Crippen LogP contribution in [0.25, 0.3) is 0 Å². The Morgan fingerprint density at radius 3 is 2.74 bits per heavy atom. The van der Waals surface area contributed by atoms with Crippen LogP contribution in [-0.2, 0) is 11.3 Å². The first-order valence-corrected chi connectivity index (χ1v) is 8.91. The standard InChI is InChI=1S/C17H26BrN3O2/c1-17(2,3)23-16(22)20-11-13-5-8-21(9-6-13)12-14-4-7-19-15(18)10-14/h4,7,10,13H,5-6,8-9,11-12H2,1-3H3,(H,20,22).